The Kier molecular flexibility index (Phi) is 5.32. The number of halogens is 1. The minimum absolute atomic E-state index is 0.144. The molecule has 0 aliphatic carbocycles. The third-order valence-corrected chi connectivity index (χ3v) is 3.11. The highest BCUT2D eigenvalue weighted by atomic mass is 19.1. The van der Waals surface area contributed by atoms with Gasteiger partial charge in [-0.1, -0.05) is 36.4 Å². The van der Waals surface area contributed by atoms with Crippen molar-refractivity contribution >= 4 is 5.97 Å². The van der Waals surface area contributed by atoms with Gasteiger partial charge in [0.25, 0.3) is 0 Å². The Morgan fingerprint density at radius 3 is 2.57 bits per heavy atom. The van der Waals surface area contributed by atoms with Crippen LogP contribution in [0.2, 0.25) is 0 Å². The molecule has 0 heterocycles. The summed E-state index contributed by atoms with van der Waals surface area (Å²) in [5, 5.41) is 0. The molecule has 4 heteroatoms. The van der Waals surface area contributed by atoms with Crippen LogP contribution in [0.5, 0.6) is 5.75 Å². The smallest absolute Gasteiger partial charge is 0.312 e. The Balaban J connectivity index is 2.01. The molecule has 110 valence electrons. The topological polar surface area (TPSA) is 35.5 Å². The van der Waals surface area contributed by atoms with Crippen LogP contribution in [0.1, 0.15) is 5.56 Å². The van der Waals surface area contributed by atoms with Gasteiger partial charge in [-0.25, -0.2) is 4.39 Å². The minimum atomic E-state index is -0.430. The number of carbonyl (C=O) groups is 1. The number of benzene rings is 2. The van der Waals surface area contributed by atoms with Crippen molar-refractivity contribution in [2.45, 2.75) is 6.42 Å². The van der Waals surface area contributed by atoms with Crippen molar-refractivity contribution in [1.29, 1.82) is 0 Å². The van der Waals surface area contributed by atoms with E-state index in [1.165, 1.54) is 19.2 Å². The molecule has 2 aromatic carbocycles. The summed E-state index contributed by atoms with van der Waals surface area (Å²) < 4.78 is 23.4. The van der Waals surface area contributed by atoms with Crippen LogP contribution in [0.25, 0.3) is 0 Å². The zero-order valence-electron chi connectivity index (χ0n) is 11.8. The Bertz CT molecular complexity index is 584. The Morgan fingerprint density at radius 2 is 1.90 bits per heavy atom. The van der Waals surface area contributed by atoms with E-state index in [0.29, 0.717) is 12.2 Å². The molecule has 0 amide bonds. The number of rotatable bonds is 6. The zero-order chi connectivity index (χ0) is 15.1. The molecule has 0 fully saturated rings. The van der Waals surface area contributed by atoms with E-state index in [-0.39, 0.29) is 18.4 Å². The van der Waals surface area contributed by atoms with Crippen LogP contribution >= 0.6 is 0 Å². The van der Waals surface area contributed by atoms with Gasteiger partial charge < -0.3 is 9.47 Å². The second-order valence-corrected chi connectivity index (χ2v) is 4.68. The average molecular weight is 288 g/mol. The van der Waals surface area contributed by atoms with E-state index in [0.717, 1.165) is 5.56 Å². The van der Waals surface area contributed by atoms with E-state index in [9.17, 15) is 9.18 Å². The fraction of sp³-hybridized carbons (Fsp3) is 0.235. The van der Waals surface area contributed by atoms with Gasteiger partial charge in [0, 0.05) is 6.07 Å². The summed E-state index contributed by atoms with van der Waals surface area (Å²) in [5.41, 5.74) is 1.02. The first kappa shape index (κ1) is 15.0. The maximum Gasteiger partial charge on any atom is 0.312 e. The lowest BCUT2D eigenvalue weighted by molar-refractivity contribution is -0.146. The van der Waals surface area contributed by atoms with Crippen LogP contribution in [0, 0.1) is 11.7 Å². The number of carbonyl (C=O) groups excluding carboxylic acids is 1. The van der Waals surface area contributed by atoms with Gasteiger partial charge in [-0.3, -0.25) is 4.79 Å². The lowest BCUT2D eigenvalue weighted by Gasteiger charge is -2.15. The monoisotopic (exact) mass is 288 g/mol. The van der Waals surface area contributed by atoms with Crippen LogP contribution in [-0.4, -0.2) is 19.7 Å². The molecule has 3 nitrogen and oxygen atoms in total. The summed E-state index contributed by atoms with van der Waals surface area (Å²) in [4.78, 5) is 11.8. The van der Waals surface area contributed by atoms with Gasteiger partial charge in [0.05, 0.1) is 13.0 Å². The van der Waals surface area contributed by atoms with Crippen LogP contribution in [0.4, 0.5) is 4.39 Å². The van der Waals surface area contributed by atoms with Crippen molar-refractivity contribution in [2.75, 3.05) is 13.7 Å². The maximum atomic E-state index is 13.1. The number of hydrogen-bond acceptors (Lipinski definition) is 3. The van der Waals surface area contributed by atoms with Gasteiger partial charge in [-0.15, -0.1) is 0 Å². The van der Waals surface area contributed by atoms with Gasteiger partial charge >= 0.3 is 5.97 Å². The van der Waals surface area contributed by atoms with Gasteiger partial charge in [-0.2, -0.15) is 0 Å². The van der Waals surface area contributed by atoms with Gasteiger partial charge in [0.1, 0.15) is 18.2 Å². The highest BCUT2D eigenvalue weighted by Gasteiger charge is 2.20. The van der Waals surface area contributed by atoms with Crippen molar-refractivity contribution in [2.24, 2.45) is 5.92 Å². The SMILES string of the molecule is COC(=O)C(COc1cccc(F)c1)Cc1ccccc1. The fourth-order valence-electron chi connectivity index (χ4n) is 2.03. The van der Waals surface area contributed by atoms with Crippen molar-refractivity contribution in [3.05, 3.63) is 66.0 Å². The zero-order valence-corrected chi connectivity index (χ0v) is 11.8. The number of methoxy groups -OCH3 is 1. The van der Waals surface area contributed by atoms with E-state index >= 15 is 0 Å². The first-order valence-corrected chi connectivity index (χ1v) is 6.69. The fourth-order valence-corrected chi connectivity index (χ4v) is 2.03. The summed E-state index contributed by atoms with van der Waals surface area (Å²) in [6.07, 6.45) is 0.517. The van der Waals surface area contributed by atoms with E-state index < -0.39 is 5.92 Å². The highest BCUT2D eigenvalue weighted by molar-refractivity contribution is 5.72. The predicted molar refractivity (Wildman–Crippen MR) is 77.5 cm³/mol. The van der Waals surface area contributed by atoms with E-state index in [4.69, 9.17) is 9.47 Å². The third-order valence-electron chi connectivity index (χ3n) is 3.11. The molecule has 0 radical (unpaired) electrons. The largest absolute Gasteiger partial charge is 0.493 e. The Morgan fingerprint density at radius 1 is 1.14 bits per heavy atom. The van der Waals surface area contributed by atoms with Gasteiger partial charge in [-0.05, 0) is 24.1 Å². The van der Waals surface area contributed by atoms with Crippen molar-refractivity contribution in [3.8, 4) is 5.75 Å². The minimum Gasteiger partial charge on any atom is -0.493 e. The van der Waals surface area contributed by atoms with Crippen molar-refractivity contribution < 1.29 is 18.7 Å². The predicted octanol–water partition coefficient (Wildman–Crippen LogP) is 3.24. The molecular formula is C17H17FO3. The lowest BCUT2D eigenvalue weighted by atomic mass is 10.0. The average Bonchev–Trinajstić information content (AvgIpc) is 2.51. The molecule has 1 atom stereocenters. The molecular weight excluding hydrogens is 271 g/mol. The molecule has 0 saturated carbocycles. The van der Waals surface area contributed by atoms with Gasteiger partial charge in [0.15, 0.2) is 0 Å². The molecule has 1 unspecified atom stereocenters. The Hall–Kier alpha value is -2.36. The number of hydrogen-bond donors (Lipinski definition) is 0. The van der Waals surface area contributed by atoms with Crippen molar-refractivity contribution in [1.82, 2.24) is 0 Å². The molecule has 0 bridgehead atoms. The number of ether oxygens (including phenoxy) is 2. The van der Waals surface area contributed by atoms with Crippen LogP contribution in [0.15, 0.2) is 54.6 Å². The van der Waals surface area contributed by atoms with E-state index in [2.05, 4.69) is 0 Å². The van der Waals surface area contributed by atoms with Crippen molar-refractivity contribution in [3.63, 3.8) is 0 Å². The highest BCUT2D eigenvalue weighted by Crippen LogP contribution is 2.16. The first-order chi connectivity index (χ1) is 10.2. The quantitative estimate of drug-likeness (QED) is 0.766. The van der Waals surface area contributed by atoms with Gasteiger partial charge in [0.2, 0.25) is 0 Å². The maximum absolute atomic E-state index is 13.1. The van der Waals surface area contributed by atoms with E-state index in [1.807, 2.05) is 30.3 Å². The molecule has 0 N–H and O–H groups in total. The second kappa shape index (κ2) is 7.43. The normalized spacial score (nSPS) is 11.7. The summed E-state index contributed by atoms with van der Waals surface area (Å²) in [5.74, 6) is -0.738. The molecule has 0 saturated heterocycles. The molecule has 0 aromatic heterocycles. The summed E-state index contributed by atoms with van der Waals surface area (Å²) in [6.45, 7) is 0.144. The van der Waals surface area contributed by atoms with E-state index in [1.54, 1.807) is 12.1 Å². The first-order valence-electron chi connectivity index (χ1n) is 6.69. The van der Waals surface area contributed by atoms with Crippen LogP contribution < -0.4 is 4.74 Å². The molecule has 2 rings (SSSR count). The summed E-state index contributed by atoms with van der Waals surface area (Å²) in [6, 6.07) is 15.5. The number of esters is 1. The molecule has 2 aromatic rings. The van der Waals surface area contributed by atoms with Crippen LogP contribution in [0.3, 0.4) is 0 Å². The second-order valence-electron chi connectivity index (χ2n) is 4.68. The summed E-state index contributed by atoms with van der Waals surface area (Å²) >= 11 is 0. The molecule has 0 aliphatic heterocycles. The van der Waals surface area contributed by atoms with Crippen LogP contribution in [-0.2, 0) is 16.0 Å². The summed E-state index contributed by atoms with van der Waals surface area (Å²) in [7, 11) is 1.35. The Labute approximate surface area is 123 Å². The standard InChI is InChI=1S/C17H17FO3/c1-20-17(19)14(10-13-6-3-2-4-7-13)12-21-16-9-5-8-15(18)11-16/h2-9,11,14H,10,12H2,1H3. The molecule has 21 heavy (non-hydrogen) atoms. The third kappa shape index (κ3) is 4.60. The molecule has 0 spiro atoms. The lowest BCUT2D eigenvalue weighted by Crippen LogP contribution is -2.25. The molecule has 0 aliphatic rings.